The fraction of sp³-hybridized carbons (Fsp3) is 0.130. The van der Waals surface area contributed by atoms with Crippen molar-refractivity contribution in [3.8, 4) is 22.7 Å². The number of methoxy groups -OCH3 is 1. The van der Waals surface area contributed by atoms with Crippen LogP contribution in [0, 0.1) is 0 Å². The van der Waals surface area contributed by atoms with Gasteiger partial charge in [0.05, 0.1) is 36.9 Å². The zero-order chi connectivity index (χ0) is 20.2. The van der Waals surface area contributed by atoms with Crippen LogP contribution in [0.25, 0.3) is 16.9 Å². The first kappa shape index (κ1) is 18.6. The Morgan fingerprint density at radius 1 is 1.07 bits per heavy atom. The van der Waals surface area contributed by atoms with Crippen LogP contribution in [0.5, 0.6) is 5.75 Å². The summed E-state index contributed by atoms with van der Waals surface area (Å²) < 4.78 is 12.1. The molecule has 4 aromatic rings. The van der Waals surface area contributed by atoms with E-state index in [1.165, 1.54) is 0 Å². The van der Waals surface area contributed by atoms with Gasteiger partial charge in [-0.1, -0.05) is 18.2 Å². The van der Waals surface area contributed by atoms with Gasteiger partial charge in [-0.05, 0) is 55.5 Å². The predicted octanol–water partition coefficient (Wildman–Crippen LogP) is 4.44. The van der Waals surface area contributed by atoms with Gasteiger partial charge in [-0.15, -0.1) is 0 Å². The fourth-order valence-corrected chi connectivity index (χ4v) is 3.18. The topological polar surface area (TPSA) is 72.5 Å². The lowest BCUT2D eigenvalue weighted by Crippen LogP contribution is -2.19. The van der Waals surface area contributed by atoms with E-state index in [-0.39, 0.29) is 5.56 Å². The average molecular weight is 387 g/mol. The van der Waals surface area contributed by atoms with Gasteiger partial charge in [0, 0.05) is 11.3 Å². The number of hydrogen-bond acceptors (Lipinski definition) is 4. The highest BCUT2D eigenvalue weighted by Gasteiger charge is 2.19. The molecule has 0 atom stereocenters. The molecule has 6 heteroatoms. The number of nitrogens with zero attached hydrogens (tertiary/aromatic N) is 2. The second-order valence-corrected chi connectivity index (χ2v) is 6.55. The lowest BCUT2D eigenvalue weighted by Gasteiger charge is -2.05. The van der Waals surface area contributed by atoms with E-state index in [0.29, 0.717) is 23.5 Å². The number of furan rings is 1. The Labute approximate surface area is 168 Å². The summed E-state index contributed by atoms with van der Waals surface area (Å²) in [6.45, 7) is 2.21. The molecule has 2 aromatic carbocycles. The largest absolute Gasteiger partial charge is 0.497 e. The van der Waals surface area contributed by atoms with Crippen LogP contribution < -0.4 is 10.3 Å². The summed E-state index contributed by atoms with van der Waals surface area (Å²) >= 11 is 0. The number of ether oxygens (including phenoxy) is 1. The average Bonchev–Trinajstić information content (AvgIpc) is 3.40. The molecule has 1 N–H and O–H groups in total. The molecule has 0 saturated heterocycles. The molecule has 0 fully saturated rings. The maximum absolute atomic E-state index is 13.3. The molecule has 0 unspecified atom stereocenters. The van der Waals surface area contributed by atoms with Crippen LogP contribution in [0.2, 0.25) is 0 Å². The monoisotopic (exact) mass is 387 g/mol. The first-order valence-electron chi connectivity index (χ1n) is 9.26. The Bertz CT molecular complexity index is 1170. The van der Waals surface area contributed by atoms with E-state index in [2.05, 4.69) is 10.1 Å². The number of aromatic nitrogens is 2. The van der Waals surface area contributed by atoms with E-state index < -0.39 is 0 Å². The van der Waals surface area contributed by atoms with Gasteiger partial charge >= 0.3 is 0 Å². The van der Waals surface area contributed by atoms with Gasteiger partial charge in [0.25, 0.3) is 5.56 Å². The van der Waals surface area contributed by atoms with Crippen molar-refractivity contribution in [2.45, 2.75) is 13.5 Å². The third-order valence-corrected chi connectivity index (χ3v) is 4.70. The van der Waals surface area contributed by atoms with Crippen LogP contribution in [0.3, 0.4) is 0 Å². The number of H-pyrrole nitrogens is 1. The fourth-order valence-electron chi connectivity index (χ4n) is 3.18. The van der Waals surface area contributed by atoms with Crippen molar-refractivity contribution >= 4 is 5.71 Å². The lowest BCUT2D eigenvalue weighted by atomic mass is 10.0. The third-order valence-electron chi connectivity index (χ3n) is 4.70. The minimum Gasteiger partial charge on any atom is -0.497 e. The Balaban J connectivity index is 1.83. The Kier molecular flexibility index (Phi) is 5.16. The SMILES string of the molecule is COc1ccc(-c2[nH]n(-c3ccccc3)c(=O)c2C(C)=NCc2ccco2)cc1. The van der Waals surface area contributed by atoms with Crippen LogP contribution in [-0.2, 0) is 6.54 Å². The van der Waals surface area contributed by atoms with Crippen LogP contribution in [0.1, 0.15) is 18.2 Å². The molecule has 0 bridgehead atoms. The molecule has 0 spiro atoms. The number of hydrogen-bond donors (Lipinski definition) is 1. The smallest absolute Gasteiger partial charge is 0.280 e. The van der Waals surface area contributed by atoms with E-state index in [9.17, 15) is 4.79 Å². The molecule has 0 amide bonds. The summed E-state index contributed by atoms with van der Waals surface area (Å²) in [5.74, 6) is 1.50. The van der Waals surface area contributed by atoms with Gasteiger partial charge in [0.2, 0.25) is 0 Å². The maximum Gasteiger partial charge on any atom is 0.280 e. The summed E-state index contributed by atoms with van der Waals surface area (Å²) in [4.78, 5) is 17.9. The number of rotatable bonds is 6. The molecule has 2 heterocycles. The van der Waals surface area contributed by atoms with Crippen molar-refractivity contribution in [3.05, 3.63) is 94.7 Å². The van der Waals surface area contributed by atoms with E-state index >= 15 is 0 Å². The first-order valence-corrected chi connectivity index (χ1v) is 9.26. The molecular formula is C23H21N3O3. The molecule has 0 aliphatic heterocycles. The second-order valence-electron chi connectivity index (χ2n) is 6.55. The summed E-state index contributed by atoms with van der Waals surface area (Å²) in [5, 5.41) is 3.25. The minimum absolute atomic E-state index is 0.150. The molecule has 4 rings (SSSR count). The zero-order valence-corrected chi connectivity index (χ0v) is 16.3. The van der Waals surface area contributed by atoms with Gasteiger partial charge in [0.1, 0.15) is 11.5 Å². The predicted molar refractivity (Wildman–Crippen MR) is 113 cm³/mol. The normalized spacial score (nSPS) is 11.6. The van der Waals surface area contributed by atoms with E-state index in [1.54, 1.807) is 18.1 Å². The summed E-state index contributed by atoms with van der Waals surface area (Å²) in [6, 6.07) is 20.7. The number of nitrogens with one attached hydrogen (secondary N) is 1. The second kappa shape index (κ2) is 8.06. The maximum atomic E-state index is 13.3. The van der Waals surface area contributed by atoms with Gasteiger partial charge < -0.3 is 9.15 Å². The van der Waals surface area contributed by atoms with Crippen LogP contribution in [0.4, 0.5) is 0 Å². The number of para-hydroxylation sites is 1. The van der Waals surface area contributed by atoms with Crippen LogP contribution >= 0.6 is 0 Å². The summed E-state index contributed by atoms with van der Waals surface area (Å²) in [7, 11) is 1.62. The molecule has 6 nitrogen and oxygen atoms in total. The molecule has 0 aliphatic carbocycles. The molecule has 29 heavy (non-hydrogen) atoms. The molecule has 2 aromatic heterocycles. The quantitative estimate of drug-likeness (QED) is 0.497. The van der Waals surface area contributed by atoms with Gasteiger partial charge in [-0.2, -0.15) is 0 Å². The highest BCUT2D eigenvalue weighted by molar-refractivity contribution is 6.03. The van der Waals surface area contributed by atoms with Gasteiger partial charge in [-0.25, -0.2) is 4.68 Å². The zero-order valence-electron chi connectivity index (χ0n) is 16.3. The highest BCUT2D eigenvalue weighted by Crippen LogP contribution is 2.24. The standard InChI is InChI=1S/C23H21N3O3/c1-16(24-15-20-9-6-14-29-20)21-22(17-10-12-19(28-2)13-11-17)25-26(23(21)27)18-7-4-3-5-8-18/h3-14,25H,15H2,1-2H3. The van der Waals surface area contributed by atoms with Crippen LogP contribution in [0.15, 0.2) is 87.2 Å². The number of benzene rings is 2. The van der Waals surface area contributed by atoms with Gasteiger partial charge in [0.15, 0.2) is 0 Å². The number of aliphatic imine (C=N–C) groups is 1. The summed E-state index contributed by atoms with van der Waals surface area (Å²) in [6.07, 6.45) is 1.61. The van der Waals surface area contributed by atoms with Crippen molar-refractivity contribution in [1.82, 2.24) is 9.78 Å². The van der Waals surface area contributed by atoms with Crippen molar-refractivity contribution in [1.29, 1.82) is 0 Å². The van der Waals surface area contributed by atoms with Crippen molar-refractivity contribution in [2.75, 3.05) is 7.11 Å². The molecule has 146 valence electrons. The molecule has 0 aliphatic rings. The van der Waals surface area contributed by atoms with E-state index in [4.69, 9.17) is 9.15 Å². The Morgan fingerprint density at radius 3 is 2.48 bits per heavy atom. The van der Waals surface area contributed by atoms with Crippen LogP contribution in [-0.4, -0.2) is 22.6 Å². The Morgan fingerprint density at radius 2 is 1.83 bits per heavy atom. The van der Waals surface area contributed by atoms with Gasteiger partial charge in [-0.3, -0.25) is 14.9 Å². The third kappa shape index (κ3) is 3.78. The van der Waals surface area contributed by atoms with E-state index in [0.717, 1.165) is 22.8 Å². The Hall–Kier alpha value is -3.80. The number of aromatic amines is 1. The first-order chi connectivity index (χ1) is 14.2. The van der Waals surface area contributed by atoms with Crippen molar-refractivity contribution < 1.29 is 9.15 Å². The van der Waals surface area contributed by atoms with E-state index in [1.807, 2.05) is 73.7 Å². The molecular weight excluding hydrogens is 366 g/mol. The summed E-state index contributed by atoms with van der Waals surface area (Å²) in [5.41, 5.74) is 3.37. The van der Waals surface area contributed by atoms with Crippen molar-refractivity contribution in [2.24, 2.45) is 4.99 Å². The van der Waals surface area contributed by atoms with Crippen molar-refractivity contribution in [3.63, 3.8) is 0 Å². The molecule has 0 radical (unpaired) electrons. The lowest BCUT2D eigenvalue weighted by molar-refractivity contribution is 0.415. The minimum atomic E-state index is -0.150. The molecule has 0 saturated carbocycles. The highest BCUT2D eigenvalue weighted by atomic mass is 16.5.